The Morgan fingerprint density at radius 2 is 2.00 bits per heavy atom. The molecular formula is C15H22BNO. The van der Waals surface area contributed by atoms with Crippen LogP contribution in [0.5, 0.6) is 0 Å². The highest BCUT2D eigenvalue weighted by molar-refractivity contribution is 6.68. The van der Waals surface area contributed by atoms with Crippen molar-refractivity contribution in [3.63, 3.8) is 0 Å². The van der Waals surface area contributed by atoms with Crippen molar-refractivity contribution in [3.05, 3.63) is 23.8 Å². The van der Waals surface area contributed by atoms with Crippen LogP contribution in [0.2, 0.25) is 6.32 Å². The molecule has 18 heavy (non-hydrogen) atoms. The van der Waals surface area contributed by atoms with Gasteiger partial charge in [0.2, 0.25) is 0 Å². The maximum Gasteiger partial charge on any atom is 0.327 e. The molecule has 96 valence electrons. The van der Waals surface area contributed by atoms with Crippen molar-refractivity contribution in [1.82, 2.24) is 0 Å². The third-order valence-corrected chi connectivity index (χ3v) is 4.97. The SMILES string of the molecule is CC1(C)CB(c2ccc3c(c2)CCN3)OC1(C)C. The van der Waals surface area contributed by atoms with E-state index in [1.165, 1.54) is 16.7 Å². The molecule has 3 heteroatoms. The van der Waals surface area contributed by atoms with E-state index in [9.17, 15) is 0 Å². The van der Waals surface area contributed by atoms with Crippen LogP contribution in [0.4, 0.5) is 5.69 Å². The first-order valence-electron chi connectivity index (χ1n) is 6.94. The molecule has 0 saturated carbocycles. The minimum Gasteiger partial charge on any atom is -0.426 e. The predicted molar refractivity (Wildman–Crippen MR) is 77.8 cm³/mol. The molecule has 1 aromatic rings. The molecule has 3 rings (SSSR count). The van der Waals surface area contributed by atoms with E-state index in [-0.39, 0.29) is 17.9 Å². The second-order valence-electron chi connectivity index (χ2n) is 6.80. The lowest BCUT2D eigenvalue weighted by molar-refractivity contribution is 0.0375. The molecule has 1 aromatic carbocycles. The lowest BCUT2D eigenvalue weighted by Gasteiger charge is -2.34. The first kappa shape index (κ1) is 12.1. The number of rotatable bonds is 1. The highest BCUT2D eigenvalue weighted by Gasteiger charge is 2.49. The third-order valence-electron chi connectivity index (χ3n) is 4.97. The molecule has 2 nitrogen and oxygen atoms in total. The van der Waals surface area contributed by atoms with Gasteiger partial charge in [-0.15, -0.1) is 0 Å². The fourth-order valence-electron chi connectivity index (χ4n) is 2.98. The molecule has 1 saturated heterocycles. The summed E-state index contributed by atoms with van der Waals surface area (Å²) < 4.78 is 6.29. The Kier molecular flexibility index (Phi) is 2.53. The number of nitrogens with one attached hydrogen (secondary N) is 1. The van der Waals surface area contributed by atoms with Crippen LogP contribution < -0.4 is 10.8 Å². The van der Waals surface area contributed by atoms with Crippen LogP contribution in [-0.2, 0) is 11.1 Å². The number of hydrogen-bond acceptors (Lipinski definition) is 2. The highest BCUT2D eigenvalue weighted by Crippen LogP contribution is 2.45. The summed E-state index contributed by atoms with van der Waals surface area (Å²) in [7, 11) is 0. The van der Waals surface area contributed by atoms with Crippen molar-refractivity contribution in [3.8, 4) is 0 Å². The summed E-state index contributed by atoms with van der Waals surface area (Å²) in [4.78, 5) is 0. The summed E-state index contributed by atoms with van der Waals surface area (Å²) in [6.45, 7) is 10.4. The molecule has 1 fully saturated rings. The van der Waals surface area contributed by atoms with E-state index >= 15 is 0 Å². The van der Waals surface area contributed by atoms with Gasteiger partial charge in [0, 0.05) is 12.2 Å². The Hall–Kier alpha value is -0.955. The van der Waals surface area contributed by atoms with Crippen LogP contribution >= 0.6 is 0 Å². The highest BCUT2D eigenvalue weighted by atomic mass is 16.5. The van der Waals surface area contributed by atoms with Crippen LogP contribution in [0, 0.1) is 5.41 Å². The zero-order valence-corrected chi connectivity index (χ0v) is 11.8. The molecule has 0 radical (unpaired) electrons. The Bertz CT molecular complexity index is 465. The summed E-state index contributed by atoms with van der Waals surface area (Å²) in [5, 5.41) is 3.41. The van der Waals surface area contributed by atoms with E-state index in [4.69, 9.17) is 4.65 Å². The van der Waals surface area contributed by atoms with Crippen molar-refractivity contribution in [1.29, 1.82) is 0 Å². The Labute approximate surface area is 110 Å². The van der Waals surface area contributed by atoms with E-state index in [0.717, 1.165) is 19.3 Å². The smallest absolute Gasteiger partial charge is 0.327 e. The van der Waals surface area contributed by atoms with Crippen LogP contribution in [0.15, 0.2) is 18.2 Å². The number of benzene rings is 1. The molecular weight excluding hydrogens is 221 g/mol. The number of anilines is 1. The van der Waals surface area contributed by atoms with E-state index in [1.807, 2.05) is 0 Å². The van der Waals surface area contributed by atoms with Crippen molar-refractivity contribution in [2.45, 2.75) is 46.0 Å². The summed E-state index contributed by atoms with van der Waals surface area (Å²) in [5.41, 5.74) is 4.27. The number of fused-ring (bicyclic) bond motifs is 1. The summed E-state index contributed by atoms with van der Waals surface area (Å²) in [6, 6.07) is 6.76. The summed E-state index contributed by atoms with van der Waals surface area (Å²) in [6.07, 6.45) is 2.24. The van der Waals surface area contributed by atoms with Gasteiger partial charge >= 0.3 is 6.92 Å². The average molecular weight is 243 g/mol. The van der Waals surface area contributed by atoms with Crippen molar-refractivity contribution < 1.29 is 4.65 Å². The second-order valence-corrected chi connectivity index (χ2v) is 6.80. The Balaban J connectivity index is 1.89. The number of hydrogen-bond donors (Lipinski definition) is 1. The predicted octanol–water partition coefficient (Wildman–Crippen LogP) is 2.69. The second kappa shape index (κ2) is 3.77. The van der Waals surface area contributed by atoms with E-state index in [1.54, 1.807) is 0 Å². The van der Waals surface area contributed by atoms with Crippen LogP contribution in [0.3, 0.4) is 0 Å². The van der Waals surface area contributed by atoms with Gasteiger partial charge in [-0.2, -0.15) is 0 Å². The first-order chi connectivity index (χ1) is 8.39. The normalized spacial score (nSPS) is 23.9. The molecule has 0 amide bonds. The van der Waals surface area contributed by atoms with E-state index in [0.29, 0.717) is 0 Å². The maximum atomic E-state index is 6.29. The van der Waals surface area contributed by atoms with Crippen LogP contribution in [0.1, 0.15) is 33.3 Å². The lowest BCUT2D eigenvalue weighted by Crippen LogP contribution is -2.36. The van der Waals surface area contributed by atoms with Gasteiger partial charge in [0.1, 0.15) is 0 Å². The zero-order valence-electron chi connectivity index (χ0n) is 11.8. The van der Waals surface area contributed by atoms with Crippen molar-refractivity contribution >= 4 is 18.1 Å². The molecule has 0 atom stereocenters. The van der Waals surface area contributed by atoms with E-state index < -0.39 is 0 Å². The average Bonchev–Trinajstić information content (AvgIpc) is 2.80. The molecule has 2 aliphatic heterocycles. The molecule has 0 aliphatic carbocycles. The molecule has 0 spiro atoms. The van der Waals surface area contributed by atoms with Crippen molar-refractivity contribution in [2.75, 3.05) is 11.9 Å². The fraction of sp³-hybridized carbons (Fsp3) is 0.600. The minimum absolute atomic E-state index is 0.0467. The van der Waals surface area contributed by atoms with Crippen molar-refractivity contribution in [2.24, 2.45) is 5.41 Å². The minimum atomic E-state index is -0.0467. The lowest BCUT2D eigenvalue weighted by atomic mass is 9.54. The summed E-state index contributed by atoms with van der Waals surface area (Å²) >= 11 is 0. The third kappa shape index (κ3) is 1.76. The van der Waals surface area contributed by atoms with Gasteiger partial charge in [-0.05, 0) is 49.1 Å². The van der Waals surface area contributed by atoms with Crippen LogP contribution in [-0.4, -0.2) is 19.1 Å². The van der Waals surface area contributed by atoms with E-state index in [2.05, 4.69) is 51.2 Å². The van der Waals surface area contributed by atoms with Gasteiger partial charge in [-0.3, -0.25) is 0 Å². The van der Waals surface area contributed by atoms with Gasteiger partial charge in [-0.25, -0.2) is 0 Å². The molecule has 0 aromatic heterocycles. The fourth-order valence-corrected chi connectivity index (χ4v) is 2.98. The summed E-state index contributed by atoms with van der Waals surface area (Å²) in [5.74, 6) is 0. The Morgan fingerprint density at radius 1 is 1.22 bits per heavy atom. The molecule has 0 bridgehead atoms. The maximum absolute atomic E-state index is 6.29. The molecule has 0 unspecified atom stereocenters. The topological polar surface area (TPSA) is 21.3 Å². The molecule has 2 heterocycles. The first-order valence-corrected chi connectivity index (χ1v) is 6.94. The largest absolute Gasteiger partial charge is 0.426 e. The molecule has 2 aliphatic rings. The van der Waals surface area contributed by atoms with Gasteiger partial charge < -0.3 is 9.97 Å². The monoisotopic (exact) mass is 243 g/mol. The van der Waals surface area contributed by atoms with Crippen LogP contribution in [0.25, 0.3) is 0 Å². The quantitative estimate of drug-likeness (QED) is 0.765. The Morgan fingerprint density at radius 3 is 2.67 bits per heavy atom. The van der Waals surface area contributed by atoms with Gasteiger partial charge in [0.25, 0.3) is 0 Å². The van der Waals surface area contributed by atoms with Gasteiger partial charge in [0.05, 0.1) is 5.60 Å². The standard InChI is InChI=1S/C15H22BNO/c1-14(2)10-16(18-15(14,3)4)12-5-6-13-11(9-12)7-8-17-13/h5-6,9,17H,7-8,10H2,1-4H3. The zero-order chi connectivity index (χ0) is 13.0. The van der Waals surface area contributed by atoms with Gasteiger partial charge in [0.15, 0.2) is 0 Å². The molecule has 1 N–H and O–H groups in total. The van der Waals surface area contributed by atoms with Gasteiger partial charge in [-0.1, -0.05) is 26.0 Å².